The summed E-state index contributed by atoms with van der Waals surface area (Å²) in [5, 5.41) is 2.61. The summed E-state index contributed by atoms with van der Waals surface area (Å²) in [5.74, 6) is -0.490. The molecule has 1 aromatic carbocycles. The van der Waals surface area contributed by atoms with Gasteiger partial charge in [-0.05, 0) is 11.5 Å². The Morgan fingerprint density at radius 2 is 2.08 bits per heavy atom. The summed E-state index contributed by atoms with van der Waals surface area (Å²) in [7, 11) is 0. The van der Waals surface area contributed by atoms with Gasteiger partial charge in [-0.25, -0.2) is 0 Å². The van der Waals surface area contributed by atoms with Gasteiger partial charge in [0.05, 0.1) is 12.2 Å². The van der Waals surface area contributed by atoms with Crippen LogP contribution >= 0.6 is 24.0 Å². The van der Waals surface area contributed by atoms with Crippen LogP contribution in [0, 0.1) is 0 Å². The Kier molecular flexibility index (Phi) is 7.39. The average molecular weight is 380 g/mol. The van der Waals surface area contributed by atoms with Crippen LogP contribution in [-0.2, 0) is 19.1 Å². The minimum Gasteiger partial charge on any atom is -0.456 e. The Morgan fingerprint density at radius 1 is 1.36 bits per heavy atom. The van der Waals surface area contributed by atoms with Crippen molar-refractivity contribution in [2.24, 2.45) is 0 Å². The van der Waals surface area contributed by atoms with Gasteiger partial charge in [0.15, 0.2) is 6.61 Å². The topological polar surface area (TPSA) is 75.7 Å². The number of esters is 1. The first-order chi connectivity index (χ1) is 12.0. The van der Waals surface area contributed by atoms with E-state index in [1.54, 1.807) is 0 Å². The molecule has 0 radical (unpaired) electrons. The van der Waals surface area contributed by atoms with E-state index in [0.29, 0.717) is 16.6 Å². The van der Waals surface area contributed by atoms with E-state index in [1.165, 1.54) is 16.7 Å². The molecule has 1 fully saturated rings. The molecule has 134 valence electrons. The van der Waals surface area contributed by atoms with Crippen LogP contribution in [0.3, 0.4) is 0 Å². The molecule has 6 nitrogen and oxygen atoms in total. The summed E-state index contributed by atoms with van der Waals surface area (Å²) in [5.41, 5.74) is 1.05. The number of rotatable bonds is 8. The minimum atomic E-state index is -0.418. The number of ether oxygens (including phenoxy) is 1. The molecule has 2 rings (SSSR count). The first-order valence-electron chi connectivity index (χ1n) is 7.91. The van der Waals surface area contributed by atoms with E-state index >= 15 is 0 Å². The molecule has 0 aromatic heterocycles. The first kappa shape index (κ1) is 19.4. The molecule has 1 N–H and O–H groups in total. The fourth-order valence-electron chi connectivity index (χ4n) is 2.31. The molecule has 1 atom stereocenters. The summed E-state index contributed by atoms with van der Waals surface area (Å²) >= 11 is 6.36. The van der Waals surface area contributed by atoms with E-state index < -0.39 is 11.9 Å². The average Bonchev–Trinajstić information content (AvgIpc) is 2.92. The Balaban J connectivity index is 1.63. The van der Waals surface area contributed by atoms with Gasteiger partial charge >= 0.3 is 5.97 Å². The van der Waals surface area contributed by atoms with E-state index in [0.717, 1.165) is 5.56 Å². The molecular weight excluding hydrogens is 360 g/mol. The van der Waals surface area contributed by atoms with Gasteiger partial charge in [0.25, 0.3) is 5.91 Å². The van der Waals surface area contributed by atoms with Crippen molar-refractivity contribution in [1.29, 1.82) is 0 Å². The van der Waals surface area contributed by atoms with Crippen LogP contribution in [0.5, 0.6) is 0 Å². The molecule has 0 unspecified atom stereocenters. The normalized spacial score (nSPS) is 15.2. The van der Waals surface area contributed by atoms with Crippen molar-refractivity contribution in [3.8, 4) is 0 Å². The van der Waals surface area contributed by atoms with Crippen LogP contribution in [0.1, 0.15) is 24.8 Å². The second kappa shape index (κ2) is 9.53. The van der Waals surface area contributed by atoms with Gasteiger partial charge in [0.1, 0.15) is 4.32 Å². The number of carbonyl (C=O) groups excluding carboxylic acids is 3. The van der Waals surface area contributed by atoms with Crippen LogP contribution in [0.25, 0.3) is 0 Å². The lowest BCUT2D eigenvalue weighted by molar-refractivity contribution is -0.148. The van der Waals surface area contributed by atoms with E-state index in [-0.39, 0.29) is 31.4 Å². The third-order valence-corrected chi connectivity index (χ3v) is 5.14. The zero-order valence-corrected chi connectivity index (χ0v) is 15.5. The van der Waals surface area contributed by atoms with Crippen LogP contribution in [0.4, 0.5) is 0 Å². The summed E-state index contributed by atoms with van der Waals surface area (Å²) < 4.78 is 5.53. The Bertz CT molecular complexity index is 635. The quantitative estimate of drug-likeness (QED) is 0.547. The molecule has 25 heavy (non-hydrogen) atoms. The highest BCUT2D eigenvalue weighted by Gasteiger charge is 2.26. The van der Waals surface area contributed by atoms with Crippen LogP contribution in [-0.4, -0.2) is 52.5 Å². The number of carbonyl (C=O) groups is 3. The minimum absolute atomic E-state index is 0.0245. The van der Waals surface area contributed by atoms with Crippen molar-refractivity contribution < 1.29 is 19.1 Å². The van der Waals surface area contributed by atoms with Crippen molar-refractivity contribution >= 4 is 46.1 Å². The lowest BCUT2D eigenvalue weighted by atomic mass is 9.98. The zero-order chi connectivity index (χ0) is 18.2. The first-order valence-corrected chi connectivity index (χ1v) is 9.31. The fourth-order valence-corrected chi connectivity index (χ4v) is 3.43. The Hall–Kier alpha value is -1.93. The van der Waals surface area contributed by atoms with Gasteiger partial charge in [-0.15, -0.1) is 0 Å². The monoisotopic (exact) mass is 380 g/mol. The van der Waals surface area contributed by atoms with E-state index in [9.17, 15) is 14.4 Å². The summed E-state index contributed by atoms with van der Waals surface area (Å²) in [6.07, 6.45) is 0.213. The maximum Gasteiger partial charge on any atom is 0.306 e. The number of hydrogen-bond donors (Lipinski definition) is 1. The van der Waals surface area contributed by atoms with E-state index in [2.05, 4.69) is 5.32 Å². The standard InChI is InChI=1S/C17H20N2O4S2/c1-12(13-5-3-2-4-6-13)9-16(22)23-10-14(20)18-7-8-19-15(21)11-25-17(19)24/h2-6,12H,7-11H2,1H3,(H,18,20)/t12-/m1/s1. The van der Waals surface area contributed by atoms with E-state index in [4.69, 9.17) is 17.0 Å². The number of thioether (sulfide) groups is 1. The van der Waals surface area contributed by atoms with Crippen molar-refractivity contribution in [2.75, 3.05) is 25.4 Å². The number of benzene rings is 1. The summed E-state index contributed by atoms with van der Waals surface area (Å²) in [6, 6.07) is 9.65. The predicted octanol–water partition coefficient (Wildman–Crippen LogP) is 1.70. The molecule has 0 saturated carbocycles. The van der Waals surface area contributed by atoms with Crippen molar-refractivity contribution in [1.82, 2.24) is 10.2 Å². The molecule has 0 bridgehead atoms. The smallest absolute Gasteiger partial charge is 0.306 e. The highest BCUT2D eigenvalue weighted by atomic mass is 32.2. The molecule has 1 aliphatic heterocycles. The number of nitrogens with one attached hydrogen (secondary N) is 1. The predicted molar refractivity (Wildman–Crippen MR) is 100 cm³/mol. The summed E-state index contributed by atoms with van der Waals surface area (Å²) in [4.78, 5) is 36.5. The number of thiocarbonyl (C=S) groups is 1. The maximum absolute atomic E-state index is 11.8. The highest BCUT2D eigenvalue weighted by Crippen LogP contribution is 2.19. The van der Waals surface area contributed by atoms with Crippen LogP contribution < -0.4 is 5.32 Å². The van der Waals surface area contributed by atoms with Crippen LogP contribution in [0.2, 0.25) is 0 Å². The SMILES string of the molecule is C[C@H](CC(=O)OCC(=O)NCCN1C(=O)CSC1=S)c1ccccc1. The van der Waals surface area contributed by atoms with Gasteiger partial charge in [-0.1, -0.05) is 61.2 Å². The van der Waals surface area contributed by atoms with Crippen molar-refractivity contribution in [3.63, 3.8) is 0 Å². The maximum atomic E-state index is 11.8. The van der Waals surface area contributed by atoms with Gasteiger partial charge in [0.2, 0.25) is 5.91 Å². The van der Waals surface area contributed by atoms with Crippen molar-refractivity contribution in [3.05, 3.63) is 35.9 Å². The van der Waals surface area contributed by atoms with Gasteiger partial charge in [0, 0.05) is 13.1 Å². The Morgan fingerprint density at radius 3 is 2.72 bits per heavy atom. The number of nitrogens with zero attached hydrogens (tertiary/aromatic N) is 1. The van der Waals surface area contributed by atoms with E-state index in [1.807, 2.05) is 37.3 Å². The van der Waals surface area contributed by atoms with Crippen LogP contribution in [0.15, 0.2) is 30.3 Å². The molecule has 1 saturated heterocycles. The number of amides is 2. The van der Waals surface area contributed by atoms with Gasteiger partial charge in [-0.2, -0.15) is 0 Å². The van der Waals surface area contributed by atoms with Crippen molar-refractivity contribution in [2.45, 2.75) is 19.3 Å². The molecule has 0 spiro atoms. The molecule has 8 heteroatoms. The Labute approximate surface area is 156 Å². The number of hydrogen-bond acceptors (Lipinski definition) is 6. The fraction of sp³-hybridized carbons (Fsp3) is 0.412. The third-order valence-electron chi connectivity index (χ3n) is 3.70. The molecule has 1 aliphatic rings. The molecule has 2 amide bonds. The molecule has 1 aromatic rings. The summed E-state index contributed by atoms with van der Waals surface area (Å²) in [6.45, 7) is 2.21. The third kappa shape index (κ3) is 6.13. The highest BCUT2D eigenvalue weighted by molar-refractivity contribution is 8.23. The zero-order valence-electron chi connectivity index (χ0n) is 13.9. The second-order valence-electron chi connectivity index (χ2n) is 5.63. The molecular formula is C17H20N2O4S2. The van der Waals surface area contributed by atoms with Gasteiger partial charge in [-0.3, -0.25) is 19.3 Å². The second-order valence-corrected chi connectivity index (χ2v) is 7.24. The van der Waals surface area contributed by atoms with Gasteiger partial charge < -0.3 is 10.1 Å². The molecule has 0 aliphatic carbocycles. The largest absolute Gasteiger partial charge is 0.456 e. The lowest BCUT2D eigenvalue weighted by Gasteiger charge is -2.15. The lowest BCUT2D eigenvalue weighted by Crippen LogP contribution is -2.38. The molecule has 1 heterocycles.